The Kier molecular flexibility index (Phi) is 5.11. The number of amides is 1. The summed E-state index contributed by atoms with van der Waals surface area (Å²) in [6.45, 7) is 5.25. The summed E-state index contributed by atoms with van der Waals surface area (Å²) < 4.78 is 25.6. The number of hydrogen-bond acceptors (Lipinski definition) is 3. The number of hydrogen-bond donors (Lipinski definition) is 0. The van der Waals surface area contributed by atoms with Crippen molar-refractivity contribution in [2.75, 3.05) is 23.7 Å². The van der Waals surface area contributed by atoms with Crippen molar-refractivity contribution in [3.05, 3.63) is 30.3 Å². The molecule has 0 saturated carbocycles. The van der Waals surface area contributed by atoms with Crippen LogP contribution in [-0.4, -0.2) is 44.6 Å². The van der Waals surface area contributed by atoms with E-state index in [1.165, 1.54) is 4.31 Å². The molecule has 1 saturated heterocycles. The van der Waals surface area contributed by atoms with Crippen LogP contribution in [0.4, 0.5) is 5.69 Å². The molecular weight excluding hydrogens is 300 g/mol. The number of benzene rings is 1. The number of carbonyl (C=O) groups excluding carboxylic acids is 1. The Labute approximate surface area is 133 Å². The number of nitrogens with zero attached hydrogens (tertiary/aromatic N) is 2. The predicted octanol–water partition coefficient (Wildman–Crippen LogP) is 2.10. The summed E-state index contributed by atoms with van der Waals surface area (Å²) in [6, 6.07) is 8.06. The molecular formula is C16H24N2O3S. The summed E-state index contributed by atoms with van der Waals surface area (Å²) in [7, 11) is -3.53. The van der Waals surface area contributed by atoms with E-state index in [2.05, 4.69) is 6.92 Å². The molecule has 6 heteroatoms. The molecule has 1 aliphatic rings. The van der Waals surface area contributed by atoms with E-state index in [1.807, 2.05) is 6.07 Å². The van der Waals surface area contributed by atoms with Gasteiger partial charge in [-0.05, 0) is 37.8 Å². The van der Waals surface area contributed by atoms with Gasteiger partial charge in [0, 0.05) is 13.1 Å². The Bertz CT molecular complexity index is 608. The molecule has 1 aliphatic heterocycles. The molecule has 5 nitrogen and oxygen atoms in total. The molecule has 0 radical (unpaired) electrons. The maximum atomic E-state index is 12.7. The van der Waals surface area contributed by atoms with Crippen LogP contribution < -0.4 is 4.31 Å². The van der Waals surface area contributed by atoms with Crippen molar-refractivity contribution < 1.29 is 13.2 Å². The molecule has 2 rings (SSSR count). The third kappa shape index (κ3) is 3.80. The van der Waals surface area contributed by atoms with E-state index in [1.54, 1.807) is 36.1 Å². The molecule has 1 heterocycles. The van der Waals surface area contributed by atoms with E-state index in [0.717, 1.165) is 19.1 Å². The lowest BCUT2D eigenvalue weighted by Gasteiger charge is -2.35. The van der Waals surface area contributed by atoms with Gasteiger partial charge < -0.3 is 4.90 Å². The molecule has 1 atom stereocenters. The second kappa shape index (κ2) is 6.69. The average Bonchev–Trinajstić information content (AvgIpc) is 2.47. The van der Waals surface area contributed by atoms with Crippen LogP contribution in [0.3, 0.4) is 0 Å². The normalized spacial score (nSPS) is 18.0. The van der Waals surface area contributed by atoms with E-state index in [0.29, 0.717) is 24.7 Å². The lowest BCUT2D eigenvalue weighted by molar-refractivity contribution is -0.133. The molecule has 0 unspecified atom stereocenters. The maximum absolute atomic E-state index is 12.7. The topological polar surface area (TPSA) is 57.7 Å². The van der Waals surface area contributed by atoms with Crippen LogP contribution in [0.15, 0.2) is 30.3 Å². The van der Waals surface area contributed by atoms with E-state index < -0.39 is 16.1 Å². The highest BCUT2D eigenvalue weighted by Crippen LogP contribution is 2.23. The van der Waals surface area contributed by atoms with Crippen molar-refractivity contribution >= 4 is 21.6 Å². The van der Waals surface area contributed by atoms with Crippen LogP contribution in [0, 0.1) is 5.92 Å². The molecule has 1 fully saturated rings. The van der Waals surface area contributed by atoms with Crippen LogP contribution in [0.2, 0.25) is 0 Å². The van der Waals surface area contributed by atoms with Crippen LogP contribution >= 0.6 is 0 Å². The summed E-state index contributed by atoms with van der Waals surface area (Å²) in [5, 5.41) is 0. The third-order valence-corrected chi connectivity index (χ3v) is 5.41. The average molecular weight is 324 g/mol. The molecule has 0 aliphatic carbocycles. The number of likely N-dealkylation sites (tertiary alicyclic amines) is 1. The number of carbonyl (C=O) groups is 1. The van der Waals surface area contributed by atoms with Crippen molar-refractivity contribution in [3.63, 3.8) is 0 Å². The highest BCUT2D eigenvalue weighted by molar-refractivity contribution is 7.92. The van der Waals surface area contributed by atoms with Gasteiger partial charge in [-0.25, -0.2) is 8.42 Å². The predicted molar refractivity (Wildman–Crippen MR) is 88.2 cm³/mol. The van der Waals surface area contributed by atoms with Crippen molar-refractivity contribution in [3.8, 4) is 0 Å². The fourth-order valence-electron chi connectivity index (χ4n) is 2.87. The van der Waals surface area contributed by atoms with Crippen molar-refractivity contribution in [1.29, 1.82) is 0 Å². The van der Waals surface area contributed by atoms with Crippen LogP contribution in [0.25, 0.3) is 0 Å². The monoisotopic (exact) mass is 324 g/mol. The van der Waals surface area contributed by atoms with Gasteiger partial charge in [-0.2, -0.15) is 0 Å². The molecule has 0 spiro atoms. The van der Waals surface area contributed by atoms with Gasteiger partial charge >= 0.3 is 0 Å². The van der Waals surface area contributed by atoms with Gasteiger partial charge in [-0.3, -0.25) is 9.10 Å². The zero-order valence-electron chi connectivity index (χ0n) is 13.4. The van der Waals surface area contributed by atoms with Crippen molar-refractivity contribution in [1.82, 2.24) is 4.90 Å². The van der Waals surface area contributed by atoms with Crippen LogP contribution in [0.5, 0.6) is 0 Å². The summed E-state index contributed by atoms with van der Waals surface area (Å²) in [4.78, 5) is 14.5. The molecule has 22 heavy (non-hydrogen) atoms. The largest absolute Gasteiger partial charge is 0.341 e. The summed E-state index contributed by atoms with van der Waals surface area (Å²) >= 11 is 0. The molecule has 1 aromatic rings. The zero-order valence-corrected chi connectivity index (χ0v) is 14.2. The van der Waals surface area contributed by atoms with Gasteiger partial charge in [0.2, 0.25) is 15.9 Å². The molecule has 1 amide bonds. The van der Waals surface area contributed by atoms with E-state index in [-0.39, 0.29) is 5.91 Å². The quantitative estimate of drug-likeness (QED) is 0.852. The lowest BCUT2D eigenvalue weighted by Crippen LogP contribution is -2.51. The van der Waals surface area contributed by atoms with Crippen molar-refractivity contribution in [2.45, 2.75) is 32.7 Å². The Morgan fingerprint density at radius 1 is 1.23 bits per heavy atom. The van der Waals surface area contributed by atoms with E-state index in [4.69, 9.17) is 0 Å². The Balaban J connectivity index is 2.23. The van der Waals surface area contributed by atoms with Crippen molar-refractivity contribution in [2.24, 2.45) is 5.92 Å². The summed E-state index contributed by atoms with van der Waals surface area (Å²) in [5.41, 5.74) is 0.524. The minimum Gasteiger partial charge on any atom is -0.341 e. The first kappa shape index (κ1) is 16.8. The first-order valence-electron chi connectivity index (χ1n) is 7.64. The van der Waals surface area contributed by atoms with Gasteiger partial charge in [0.15, 0.2) is 0 Å². The smallest absolute Gasteiger partial charge is 0.246 e. The third-order valence-electron chi connectivity index (χ3n) is 4.17. The highest BCUT2D eigenvalue weighted by Gasteiger charge is 2.32. The maximum Gasteiger partial charge on any atom is 0.246 e. The standard InChI is InChI=1S/C16H24N2O3S/c1-13-9-11-17(12-10-13)16(19)14(2)18(22(3,20)21)15-7-5-4-6-8-15/h4-8,13-14H,9-12H2,1-3H3/t14-/m1/s1. The minimum absolute atomic E-state index is 0.124. The van der Waals surface area contributed by atoms with Crippen LogP contribution in [0.1, 0.15) is 26.7 Å². The summed E-state index contributed by atoms with van der Waals surface area (Å²) in [5.74, 6) is 0.501. The van der Waals surface area contributed by atoms with Gasteiger partial charge in [-0.15, -0.1) is 0 Å². The highest BCUT2D eigenvalue weighted by atomic mass is 32.2. The molecule has 0 N–H and O–H groups in total. The van der Waals surface area contributed by atoms with Gasteiger partial charge in [-0.1, -0.05) is 25.1 Å². The van der Waals surface area contributed by atoms with Gasteiger partial charge in [0.25, 0.3) is 0 Å². The Morgan fingerprint density at radius 3 is 2.27 bits per heavy atom. The zero-order chi connectivity index (χ0) is 16.3. The van der Waals surface area contributed by atoms with Gasteiger partial charge in [0.05, 0.1) is 11.9 Å². The Hall–Kier alpha value is -1.56. The fraction of sp³-hybridized carbons (Fsp3) is 0.562. The Morgan fingerprint density at radius 2 is 1.77 bits per heavy atom. The molecule has 1 aromatic carbocycles. The summed E-state index contributed by atoms with van der Waals surface area (Å²) in [6.07, 6.45) is 3.09. The molecule has 122 valence electrons. The first-order valence-corrected chi connectivity index (χ1v) is 9.49. The fourth-order valence-corrected chi connectivity index (χ4v) is 4.04. The second-order valence-electron chi connectivity index (χ2n) is 6.08. The van der Waals surface area contributed by atoms with E-state index in [9.17, 15) is 13.2 Å². The number of anilines is 1. The number of piperidine rings is 1. The SMILES string of the molecule is CC1CCN(C(=O)[C@@H](C)N(c2ccccc2)S(C)(=O)=O)CC1. The second-order valence-corrected chi connectivity index (χ2v) is 7.94. The molecule has 0 bridgehead atoms. The van der Waals surface area contributed by atoms with Crippen LogP contribution in [-0.2, 0) is 14.8 Å². The molecule has 0 aromatic heterocycles. The number of para-hydroxylation sites is 1. The minimum atomic E-state index is -3.53. The lowest BCUT2D eigenvalue weighted by atomic mass is 9.99. The number of rotatable bonds is 4. The first-order chi connectivity index (χ1) is 10.3. The van der Waals surface area contributed by atoms with E-state index >= 15 is 0 Å². The number of sulfonamides is 1. The van der Waals surface area contributed by atoms with Gasteiger partial charge in [0.1, 0.15) is 6.04 Å².